The fourth-order valence-electron chi connectivity index (χ4n) is 3.65. The number of rotatable bonds is 3. The van der Waals surface area contributed by atoms with Gasteiger partial charge in [0.25, 0.3) is 5.89 Å². The Morgan fingerprint density at radius 3 is 2.77 bits per heavy atom. The number of carbonyl (C=O) groups excluding carboxylic acids is 2. The number of likely N-dealkylation sites (tertiary alicyclic amines) is 2. The zero-order valence-corrected chi connectivity index (χ0v) is 14.7. The highest BCUT2D eigenvalue weighted by Crippen LogP contribution is 2.29. The second-order valence-corrected chi connectivity index (χ2v) is 6.97. The summed E-state index contributed by atoms with van der Waals surface area (Å²) in [6.45, 7) is 1.85. The lowest BCUT2D eigenvalue weighted by Gasteiger charge is -2.32. The normalized spacial score (nSPS) is 21.4. The molecule has 0 aromatic carbocycles. The second-order valence-electron chi connectivity index (χ2n) is 6.97. The molecule has 0 radical (unpaired) electrons. The van der Waals surface area contributed by atoms with Crippen LogP contribution in [-0.4, -0.2) is 63.4 Å². The summed E-state index contributed by atoms with van der Waals surface area (Å²) in [5.74, 6) is 1.27. The molecule has 0 N–H and O–H groups in total. The Balaban J connectivity index is 1.36. The van der Waals surface area contributed by atoms with Gasteiger partial charge in [0.2, 0.25) is 11.8 Å². The first-order chi connectivity index (χ1) is 12.6. The molecule has 136 valence electrons. The van der Waals surface area contributed by atoms with Crippen molar-refractivity contribution in [3.8, 4) is 11.5 Å². The average Bonchev–Trinajstić information content (AvgIpc) is 3.30. The summed E-state index contributed by atoms with van der Waals surface area (Å²) in [6.07, 6.45) is 5.32. The number of pyridine rings is 1. The van der Waals surface area contributed by atoms with Crippen molar-refractivity contribution in [3.05, 3.63) is 30.4 Å². The third kappa shape index (κ3) is 3.18. The maximum absolute atomic E-state index is 12.6. The van der Waals surface area contributed by atoms with Gasteiger partial charge in [-0.15, -0.1) is 0 Å². The monoisotopic (exact) mass is 355 g/mol. The van der Waals surface area contributed by atoms with Gasteiger partial charge in [0.1, 0.15) is 0 Å². The van der Waals surface area contributed by atoms with E-state index in [4.69, 9.17) is 4.52 Å². The van der Waals surface area contributed by atoms with Gasteiger partial charge in [-0.3, -0.25) is 14.6 Å². The first-order valence-electron chi connectivity index (χ1n) is 8.88. The number of nitrogens with zero attached hydrogens (tertiary/aromatic N) is 5. The third-order valence-electron chi connectivity index (χ3n) is 5.21. The molecule has 26 heavy (non-hydrogen) atoms. The van der Waals surface area contributed by atoms with Crippen LogP contribution in [0.5, 0.6) is 0 Å². The quantitative estimate of drug-likeness (QED) is 0.824. The summed E-state index contributed by atoms with van der Waals surface area (Å²) >= 11 is 0. The van der Waals surface area contributed by atoms with E-state index < -0.39 is 0 Å². The molecule has 2 aliphatic heterocycles. The smallest absolute Gasteiger partial charge is 0.259 e. The van der Waals surface area contributed by atoms with E-state index in [9.17, 15) is 9.59 Å². The van der Waals surface area contributed by atoms with Gasteiger partial charge in [0.05, 0.1) is 11.5 Å². The van der Waals surface area contributed by atoms with Crippen molar-refractivity contribution in [3.63, 3.8) is 0 Å². The van der Waals surface area contributed by atoms with E-state index in [0.717, 1.165) is 18.4 Å². The van der Waals surface area contributed by atoms with Crippen LogP contribution < -0.4 is 0 Å². The fraction of sp³-hybridized carbons (Fsp3) is 0.500. The first-order valence-corrected chi connectivity index (χ1v) is 8.88. The lowest BCUT2D eigenvalue weighted by Crippen LogP contribution is -2.42. The zero-order valence-electron chi connectivity index (χ0n) is 14.7. The van der Waals surface area contributed by atoms with E-state index in [1.165, 1.54) is 0 Å². The van der Waals surface area contributed by atoms with Crippen molar-refractivity contribution in [2.45, 2.75) is 25.2 Å². The molecule has 4 heterocycles. The first kappa shape index (κ1) is 16.7. The van der Waals surface area contributed by atoms with Crippen LogP contribution in [-0.2, 0) is 9.59 Å². The predicted octanol–water partition coefficient (Wildman–Crippen LogP) is 1.32. The van der Waals surface area contributed by atoms with Gasteiger partial charge in [0, 0.05) is 51.4 Å². The Morgan fingerprint density at radius 1 is 1.31 bits per heavy atom. The van der Waals surface area contributed by atoms with Gasteiger partial charge in [0.15, 0.2) is 5.82 Å². The van der Waals surface area contributed by atoms with Crippen LogP contribution in [0.2, 0.25) is 0 Å². The number of hydrogen-bond donors (Lipinski definition) is 0. The predicted molar refractivity (Wildman–Crippen MR) is 91.8 cm³/mol. The highest BCUT2D eigenvalue weighted by molar-refractivity contribution is 5.89. The summed E-state index contributed by atoms with van der Waals surface area (Å²) in [5.41, 5.74) is 0.800. The second kappa shape index (κ2) is 6.86. The topological polar surface area (TPSA) is 92.4 Å². The summed E-state index contributed by atoms with van der Waals surface area (Å²) in [5, 5.41) is 4.11. The fourth-order valence-corrected chi connectivity index (χ4v) is 3.65. The molecule has 0 bridgehead atoms. The molecule has 2 fully saturated rings. The van der Waals surface area contributed by atoms with Crippen LogP contribution in [0, 0.1) is 5.92 Å². The summed E-state index contributed by atoms with van der Waals surface area (Å²) in [6, 6.07) is 3.71. The SMILES string of the molecule is CN1CC(C(=O)N2CCC(c3noc(-c4cccnc4)n3)CC2)CC1=O. The minimum Gasteiger partial charge on any atom is -0.345 e. The van der Waals surface area contributed by atoms with E-state index in [2.05, 4.69) is 15.1 Å². The number of hydrogen-bond acceptors (Lipinski definition) is 6. The van der Waals surface area contributed by atoms with Crippen molar-refractivity contribution in [1.82, 2.24) is 24.9 Å². The molecule has 2 aromatic rings. The summed E-state index contributed by atoms with van der Waals surface area (Å²) in [4.78, 5) is 36.3. The Kier molecular flexibility index (Phi) is 4.40. The maximum atomic E-state index is 12.6. The molecule has 0 aliphatic carbocycles. The van der Waals surface area contributed by atoms with Crippen LogP contribution in [0.1, 0.15) is 31.0 Å². The van der Waals surface area contributed by atoms with Crippen molar-refractivity contribution in [2.24, 2.45) is 5.92 Å². The Hall–Kier alpha value is -2.77. The molecular weight excluding hydrogens is 334 g/mol. The molecular formula is C18H21N5O3. The van der Waals surface area contributed by atoms with Gasteiger partial charge in [-0.2, -0.15) is 4.98 Å². The molecule has 8 heteroatoms. The lowest BCUT2D eigenvalue weighted by atomic mass is 9.95. The molecule has 2 aromatic heterocycles. The van der Waals surface area contributed by atoms with Gasteiger partial charge in [-0.05, 0) is 25.0 Å². The van der Waals surface area contributed by atoms with Crippen LogP contribution in [0.3, 0.4) is 0 Å². The van der Waals surface area contributed by atoms with Crippen molar-refractivity contribution < 1.29 is 14.1 Å². The maximum Gasteiger partial charge on any atom is 0.259 e. The number of amides is 2. The van der Waals surface area contributed by atoms with E-state index >= 15 is 0 Å². The van der Waals surface area contributed by atoms with E-state index in [-0.39, 0.29) is 23.7 Å². The number of piperidine rings is 1. The Morgan fingerprint density at radius 2 is 2.12 bits per heavy atom. The van der Waals surface area contributed by atoms with Gasteiger partial charge < -0.3 is 14.3 Å². The van der Waals surface area contributed by atoms with Crippen LogP contribution in [0.4, 0.5) is 0 Å². The molecule has 4 rings (SSSR count). The van der Waals surface area contributed by atoms with Gasteiger partial charge in [-0.25, -0.2) is 0 Å². The molecule has 1 unspecified atom stereocenters. The van der Waals surface area contributed by atoms with Crippen LogP contribution >= 0.6 is 0 Å². The van der Waals surface area contributed by atoms with Crippen LogP contribution in [0.15, 0.2) is 29.0 Å². The Bertz CT molecular complexity index is 798. The molecule has 2 aliphatic rings. The van der Waals surface area contributed by atoms with E-state index in [1.54, 1.807) is 24.3 Å². The highest BCUT2D eigenvalue weighted by atomic mass is 16.5. The van der Waals surface area contributed by atoms with E-state index in [1.807, 2.05) is 17.0 Å². The zero-order chi connectivity index (χ0) is 18.1. The van der Waals surface area contributed by atoms with Crippen molar-refractivity contribution in [2.75, 3.05) is 26.7 Å². The standard InChI is InChI=1S/C18H21N5O3/c1-22-11-14(9-15(22)24)18(25)23-7-4-12(5-8-23)16-20-17(26-21-16)13-3-2-6-19-10-13/h2-3,6,10,12,14H,4-5,7-9,11H2,1H3. The minimum atomic E-state index is -0.202. The minimum absolute atomic E-state index is 0.0490. The summed E-state index contributed by atoms with van der Waals surface area (Å²) in [7, 11) is 1.75. The third-order valence-corrected chi connectivity index (χ3v) is 5.21. The molecule has 2 saturated heterocycles. The molecule has 2 amide bonds. The molecule has 0 spiro atoms. The van der Waals surface area contributed by atoms with Crippen molar-refractivity contribution in [1.29, 1.82) is 0 Å². The largest absolute Gasteiger partial charge is 0.345 e. The lowest BCUT2D eigenvalue weighted by molar-refractivity contribution is -0.136. The Labute approximate surface area is 151 Å². The summed E-state index contributed by atoms with van der Waals surface area (Å²) < 4.78 is 5.36. The van der Waals surface area contributed by atoms with Crippen LogP contribution in [0.25, 0.3) is 11.5 Å². The average molecular weight is 355 g/mol. The number of carbonyl (C=O) groups is 2. The van der Waals surface area contributed by atoms with Crippen molar-refractivity contribution >= 4 is 11.8 Å². The molecule has 1 atom stereocenters. The highest BCUT2D eigenvalue weighted by Gasteiger charge is 2.36. The molecule has 0 saturated carbocycles. The van der Waals surface area contributed by atoms with Gasteiger partial charge >= 0.3 is 0 Å². The van der Waals surface area contributed by atoms with E-state index in [0.29, 0.717) is 37.8 Å². The van der Waals surface area contributed by atoms with Gasteiger partial charge in [-0.1, -0.05) is 5.16 Å². The molecule has 8 nitrogen and oxygen atoms in total. The number of aromatic nitrogens is 3.